The Hall–Kier alpha value is -0.715. The molecule has 1 fully saturated rings. The molecule has 1 aliphatic rings. The maximum absolute atomic E-state index is 12.1. The summed E-state index contributed by atoms with van der Waals surface area (Å²) in [5.41, 5.74) is 0. The monoisotopic (exact) mass is 209 g/mol. The third-order valence-corrected chi connectivity index (χ3v) is 2.35. The lowest BCUT2D eigenvalue weighted by molar-refractivity contribution is -0.124. The number of rotatable bonds is 3. The Morgan fingerprint density at radius 3 is 2.71 bits per heavy atom. The van der Waals surface area contributed by atoms with Gasteiger partial charge in [-0.1, -0.05) is 0 Å². The second-order valence-electron chi connectivity index (χ2n) is 3.48. The highest BCUT2D eigenvalue weighted by atomic mass is 19.4. The molecular weight excluding hydrogens is 196 g/mol. The molecule has 0 aromatic heterocycles. The second kappa shape index (κ2) is 4.21. The predicted molar refractivity (Wildman–Crippen MR) is 47.7 cm³/mol. The van der Waals surface area contributed by atoms with Crippen molar-refractivity contribution in [3.63, 3.8) is 0 Å². The lowest BCUT2D eigenvalue weighted by Crippen LogP contribution is -2.47. The van der Waals surface area contributed by atoms with Crippen LogP contribution in [0.25, 0.3) is 0 Å². The molecule has 1 aliphatic heterocycles. The Morgan fingerprint density at radius 1 is 1.57 bits per heavy atom. The highest BCUT2D eigenvalue weighted by Gasteiger charge is 2.35. The fourth-order valence-electron chi connectivity index (χ4n) is 1.77. The lowest BCUT2D eigenvalue weighted by Gasteiger charge is -2.28. The molecule has 0 aromatic carbocycles. The average Bonchev–Trinajstić information content (AvgIpc) is 2.48. The van der Waals surface area contributed by atoms with Crippen molar-refractivity contribution in [1.82, 2.24) is 10.2 Å². The van der Waals surface area contributed by atoms with Gasteiger partial charge in [0.1, 0.15) is 0 Å². The molecular formula is C7H13BF3N2O-. The van der Waals surface area contributed by atoms with E-state index in [4.69, 9.17) is 0 Å². The molecule has 1 heterocycles. The number of likely N-dealkylation sites (tertiary alicyclic amines) is 1. The highest BCUT2D eigenvalue weighted by molar-refractivity contribution is 6.58. The molecule has 14 heavy (non-hydrogen) atoms. The van der Waals surface area contributed by atoms with Crippen LogP contribution >= 0.6 is 0 Å². The zero-order valence-corrected chi connectivity index (χ0v) is 7.97. The van der Waals surface area contributed by atoms with Crippen molar-refractivity contribution >= 4 is 12.9 Å². The molecule has 0 aliphatic carbocycles. The highest BCUT2D eigenvalue weighted by Crippen LogP contribution is 2.21. The third-order valence-electron chi connectivity index (χ3n) is 2.35. The van der Waals surface area contributed by atoms with E-state index in [-0.39, 0.29) is 5.91 Å². The first-order chi connectivity index (χ1) is 6.44. The molecule has 1 saturated heterocycles. The lowest BCUT2D eigenvalue weighted by atomic mass is 9.91. The molecule has 1 N–H and O–H groups in total. The van der Waals surface area contributed by atoms with Crippen LogP contribution in [0, 0.1) is 0 Å². The fraction of sp³-hybridized carbons (Fsp3) is 0.857. The predicted octanol–water partition coefficient (Wildman–Crippen LogP) is 0.583. The number of nitrogens with zero attached hydrogens (tertiary/aromatic N) is 1. The molecule has 0 saturated carbocycles. The van der Waals surface area contributed by atoms with Crippen molar-refractivity contribution in [3.05, 3.63) is 0 Å². The van der Waals surface area contributed by atoms with E-state index in [1.807, 2.05) is 0 Å². The van der Waals surface area contributed by atoms with Gasteiger partial charge in [0.25, 0.3) is 0 Å². The van der Waals surface area contributed by atoms with Crippen molar-refractivity contribution in [1.29, 1.82) is 0 Å². The van der Waals surface area contributed by atoms with Gasteiger partial charge in [-0.25, -0.2) is 0 Å². The third kappa shape index (κ3) is 2.90. The van der Waals surface area contributed by atoms with Gasteiger partial charge in [-0.05, 0) is 25.8 Å². The molecule has 0 aromatic rings. The maximum atomic E-state index is 12.1. The van der Waals surface area contributed by atoms with Crippen molar-refractivity contribution in [2.45, 2.75) is 18.9 Å². The van der Waals surface area contributed by atoms with Gasteiger partial charge >= 0.3 is 6.98 Å². The van der Waals surface area contributed by atoms with Crippen LogP contribution in [0.15, 0.2) is 0 Å². The van der Waals surface area contributed by atoms with E-state index in [9.17, 15) is 17.7 Å². The Labute approximate surface area is 80.7 Å². The zero-order chi connectivity index (χ0) is 10.8. The Morgan fingerprint density at radius 2 is 2.21 bits per heavy atom. The first-order valence-corrected chi connectivity index (χ1v) is 4.60. The number of hydrogen-bond acceptors (Lipinski definition) is 2. The quantitative estimate of drug-likeness (QED) is 0.689. The molecule has 1 atom stereocenters. The number of carbonyl (C=O) groups excluding carboxylic acids is 1. The van der Waals surface area contributed by atoms with Gasteiger partial charge in [-0.3, -0.25) is 4.79 Å². The Balaban J connectivity index is 2.56. The zero-order valence-electron chi connectivity index (χ0n) is 7.97. The summed E-state index contributed by atoms with van der Waals surface area (Å²) in [5, 5.41) is 2.38. The van der Waals surface area contributed by atoms with E-state index >= 15 is 0 Å². The number of halogens is 3. The van der Waals surface area contributed by atoms with E-state index in [0.717, 1.165) is 0 Å². The summed E-state index contributed by atoms with van der Waals surface area (Å²) >= 11 is 0. The molecule has 0 radical (unpaired) electrons. The van der Waals surface area contributed by atoms with E-state index in [0.29, 0.717) is 19.4 Å². The van der Waals surface area contributed by atoms with Crippen molar-refractivity contribution in [3.8, 4) is 0 Å². The van der Waals surface area contributed by atoms with Crippen LogP contribution in [-0.4, -0.2) is 43.9 Å². The average molecular weight is 209 g/mol. The molecule has 3 nitrogen and oxygen atoms in total. The van der Waals surface area contributed by atoms with Gasteiger partial charge in [0.2, 0.25) is 5.91 Å². The van der Waals surface area contributed by atoms with Crippen LogP contribution in [0.1, 0.15) is 12.8 Å². The smallest absolute Gasteiger partial charge is 0.448 e. The minimum Gasteiger partial charge on any atom is -0.448 e. The van der Waals surface area contributed by atoms with Crippen LogP contribution in [0.2, 0.25) is 0 Å². The van der Waals surface area contributed by atoms with Crippen LogP contribution in [0.5, 0.6) is 0 Å². The fourth-order valence-corrected chi connectivity index (χ4v) is 1.77. The summed E-state index contributed by atoms with van der Waals surface area (Å²) in [6.45, 7) is -4.47. The minimum absolute atomic E-state index is 0.317. The summed E-state index contributed by atoms with van der Waals surface area (Å²) in [6, 6.07) is -0.594. The number of likely N-dealkylation sites (N-methyl/N-ethyl adjacent to an activating group) is 1. The minimum atomic E-state index is -4.83. The molecule has 0 spiro atoms. The van der Waals surface area contributed by atoms with Gasteiger partial charge in [-0.15, -0.1) is 0 Å². The van der Waals surface area contributed by atoms with Gasteiger partial charge in [0, 0.05) is 7.05 Å². The maximum Gasteiger partial charge on any atom is 0.492 e. The van der Waals surface area contributed by atoms with Crippen LogP contribution in [0.4, 0.5) is 12.9 Å². The van der Waals surface area contributed by atoms with Crippen molar-refractivity contribution < 1.29 is 17.7 Å². The summed E-state index contributed by atoms with van der Waals surface area (Å²) in [7, 11) is 1.44. The van der Waals surface area contributed by atoms with Crippen molar-refractivity contribution in [2.24, 2.45) is 0 Å². The van der Waals surface area contributed by atoms with Crippen LogP contribution < -0.4 is 5.32 Å². The van der Waals surface area contributed by atoms with Gasteiger partial charge < -0.3 is 23.2 Å². The summed E-state index contributed by atoms with van der Waals surface area (Å²) in [6.07, 6.45) is 0.244. The molecule has 1 unspecified atom stereocenters. The molecule has 1 amide bonds. The first-order valence-electron chi connectivity index (χ1n) is 4.60. The Kier molecular flexibility index (Phi) is 3.41. The first kappa shape index (κ1) is 11.4. The van der Waals surface area contributed by atoms with Crippen LogP contribution in [0.3, 0.4) is 0 Å². The Bertz CT molecular complexity index is 221. The number of carbonyl (C=O) groups is 1. The molecule has 0 bridgehead atoms. The largest absolute Gasteiger partial charge is 0.492 e. The normalized spacial score (nSPS) is 23.9. The number of hydrogen-bond donors (Lipinski definition) is 1. The van der Waals surface area contributed by atoms with E-state index in [1.165, 1.54) is 11.9 Å². The van der Waals surface area contributed by atoms with E-state index in [2.05, 4.69) is 5.32 Å². The summed E-state index contributed by atoms with van der Waals surface area (Å²) < 4.78 is 36.4. The standard InChI is InChI=1S/C7H13BF3N2O/c1-12-7(14)6-3-2-4-13(6)5-8(9,10)11/h6H,2-5H2,1H3,(H,12,14)/q-1. The molecule has 82 valence electrons. The summed E-state index contributed by atoms with van der Waals surface area (Å²) in [4.78, 5) is 12.4. The van der Waals surface area contributed by atoms with E-state index in [1.54, 1.807) is 0 Å². The van der Waals surface area contributed by atoms with Gasteiger partial charge in [-0.2, -0.15) is 0 Å². The topological polar surface area (TPSA) is 32.3 Å². The van der Waals surface area contributed by atoms with Gasteiger partial charge in [0.05, 0.1) is 6.04 Å². The SMILES string of the molecule is CNC(=O)C1CCCN1C[B-](F)(F)F. The molecule has 7 heteroatoms. The van der Waals surface area contributed by atoms with Gasteiger partial charge in [0.15, 0.2) is 0 Å². The van der Waals surface area contributed by atoms with Crippen molar-refractivity contribution in [2.75, 3.05) is 20.0 Å². The van der Waals surface area contributed by atoms with E-state index < -0.39 is 19.5 Å². The van der Waals surface area contributed by atoms with Crippen LogP contribution in [-0.2, 0) is 4.79 Å². The summed E-state index contributed by atoms with van der Waals surface area (Å²) in [5.74, 6) is -0.317. The number of amides is 1. The molecule has 1 rings (SSSR count). The number of nitrogens with one attached hydrogen (secondary N) is 1. The second-order valence-corrected chi connectivity index (χ2v) is 3.48.